The van der Waals surface area contributed by atoms with E-state index >= 15 is 0 Å². The third-order valence-electron chi connectivity index (χ3n) is 2.61. The van der Waals surface area contributed by atoms with Crippen molar-refractivity contribution in [1.82, 2.24) is 0 Å². The SMILES string of the molecule is CCCN1C(=O)C(N)c2c(Cl)cccc21. The summed E-state index contributed by atoms with van der Waals surface area (Å²) in [5.41, 5.74) is 7.46. The average Bonchev–Trinajstić information content (AvgIpc) is 2.45. The Morgan fingerprint density at radius 1 is 1.53 bits per heavy atom. The Labute approximate surface area is 93.8 Å². The lowest BCUT2D eigenvalue weighted by Crippen LogP contribution is -2.32. The predicted molar refractivity (Wildman–Crippen MR) is 61.0 cm³/mol. The fraction of sp³-hybridized carbons (Fsp3) is 0.364. The lowest BCUT2D eigenvalue weighted by molar-refractivity contribution is -0.119. The summed E-state index contributed by atoms with van der Waals surface area (Å²) in [4.78, 5) is 13.6. The van der Waals surface area contributed by atoms with Crippen LogP contribution >= 0.6 is 11.6 Å². The fourth-order valence-corrected chi connectivity index (χ4v) is 2.22. The molecule has 1 amide bonds. The summed E-state index contributed by atoms with van der Waals surface area (Å²) >= 11 is 6.04. The number of halogens is 1. The van der Waals surface area contributed by atoms with Gasteiger partial charge in [-0.05, 0) is 18.6 Å². The Hall–Kier alpha value is -1.06. The lowest BCUT2D eigenvalue weighted by Gasteiger charge is -2.16. The molecule has 0 aliphatic carbocycles. The molecule has 1 aromatic rings. The van der Waals surface area contributed by atoms with Crippen LogP contribution in [0.2, 0.25) is 5.02 Å². The first-order valence-corrected chi connectivity index (χ1v) is 5.40. The van der Waals surface area contributed by atoms with E-state index in [1.165, 1.54) is 0 Å². The second-order valence-corrected chi connectivity index (χ2v) is 4.05. The highest BCUT2D eigenvalue weighted by Gasteiger charge is 2.35. The monoisotopic (exact) mass is 224 g/mol. The number of amides is 1. The van der Waals surface area contributed by atoms with Gasteiger partial charge in [0, 0.05) is 17.1 Å². The molecule has 1 aliphatic rings. The van der Waals surface area contributed by atoms with Gasteiger partial charge in [-0.3, -0.25) is 4.79 Å². The zero-order valence-corrected chi connectivity index (χ0v) is 9.29. The van der Waals surface area contributed by atoms with Gasteiger partial charge in [0.25, 0.3) is 0 Å². The topological polar surface area (TPSA) is 46.3 Å². The molecule has 4 heteroatoms. The molecule has 0 aromatic heterocycles. The maximum absolute atomic E-state index is 11.8. The Kier molecular flexibility index (Phi) is 2.67. The first-order chi connectivity index (χ1) is 7.16. The van der Waals surface area contributed by atoms with Gasteiger partial charge < -0.3 is 10.6 Å². The van der Waals surface area contributed by atoms with Crippen molar-refractivity contribution >= 4 is 23.2 Å². The first kappa shape index (κ1) is 10.5. The van der Waals surface area contributed by atoms with Crippen molar-refractivity contribution < 1.29 is 4.79 Å². The van der Waals surface area contributed by atoms with Crippen molar-refractivity contribution in [2.24, 2.45) is 5.73 Å². The smallest absolute Gasteiger partial charge is 0.248 e. The van der Waals surface area contributed by atoms with Crippen LogP contribution in [0.1, 0.15) is 24.9 Å². The molecule has 1 aliphatic heterocycles. The first-order valence-electron chi connectivity index (χ1n) is 5.02. The number of benzene rings is 1. The molecule has 1 atom stereocenters. The van der Waals surface area contributed by atoms with E-state index < -0.39 is 6.04 Å². The van der Waals surface area contributed by atoms with Crippen LogP contribution in [0.3, 0.4) is 0 Å². The van der Waals surface area contributed by atoms with E-state index in [1.54, 1.807) is 11.0 Å². The second kappa shape index (κ2) is 3.83. The largest absolute Gasteiger partial charge is 0.316 e. The number of hydrogen-bond acceptors (Lipinski definition) is 2. The van der Waals surface area contributed by atoms with Crippen LogP contribution in [-0.4, -0.2) is 12.5 Å². The highest BCUT2D eigenvalue weighted by Crippen LogP contribution is 2.38. The lowest BCUT2D eigenvalue weighted by atomic mass is 10.1. The van der Waals surface area contributed by atoms with Gasteiger partial charge in [-0.25, -0.2) is 0 Å². The van der Waals surface area contributed by atoms with Crippen LogP contribution in [0, 0.1) is 0 Å². The third-order valence-corrected chi connectivity index (χ3v) is 2.94. The number of carbonyl (C=O) groups excluding carboxylic acids is 1. The van der Waals surface area contributed by atoms with E-state index in [4.69, 9.17) is 17.3 Å². The molecule has 1 aromatic carbocycles. The van der Waals surface area contributed by atoms with E-state index in [0.29, 0.717) is 11.6 Å². The van der Waals surface area contributed by atoms with Crippen molar-refractivity contribution in [3.05, 3.63) is 28.8 Å². The molecule has 1 heterocycles. The second-order valence-electron chi connectivity index (χ2n) is 3.64. The van der Waals surface area contributed by atoms with Gasteiger partial charge in [0.1, 0.15) is 6.04 Å². The standard InChI is InChI=1S/C11H13ClN2O/c1-2-6-14-8-5-3-4-7(12)9(8)10(13)11(14)15/h3-5,10H,2,6,13H2,1H3. The summed E-state index contributed by atoms with van der Waals surface area (Å²) in [5.74, 6) is -0.0556. The molecule has 0 spiro atoms. The molecule has 15 heavy (non-hydrogen) atoms. The van der Waals surface area contributed by atoms with Crippen LogP contribution < -0.4 is 10.6 Å². The van der Waals surface area contributed by atoms with E-state index in [0.717, 1.165) is 17.7 Å². The van der Waals surface area contributed by atoms with Gasteiger partial charge >= 0.3 is 0 Å². The molecule has 0 saturated carbocycles. The number of nitrogens with two attached hydrogens (primary N) is 1. The Bertz CT molecular complexity index is 406. The maximum atomic E-state index is 11.8. The highest BCUT2D eigenvalue weighted by molar-refractivity contribution is 6.32. The van der Waals surface area contributed by atoms with Gasteiger partial charge in [-0.15, -0.1) is 0 Å². The van der Waals surface area contributed by atoms with Crippen molar-refractivity contribution in [2.45, 2.75) is 19.4 Å². The van der Waals surface area contributed by atoms with Crippen LogP contribution in [0.15, 0.2) is 18.2 Å². The van der Waals surface area contributed by atoms with Gasteiger partial charge in [0.15, 0.2) is 0 Å². The number of carbonyl (C=O) groups is 1. The summed E-state index contributed by atoms with van der Waals surface area (Å²) in [5, 5.41) is 0.576. The molecule has 0 radical (unpaired) electrons. The summed E-state index contributed by atoms with van der Waals surface area (Å²) < 4.78 is 0. The maximum Gasteiger partial charge on any atom is 0.248 e. The van der Waals surface area contributed by atoms with E-state index in [9.17, 15) is 4.79 Å². The van der Waals surface area contributed by atoms with Crippen LogP contribution in [0.25, 0.3) is 0 Å². The molecule has 0 saturated heterocycles. The number of anilines is 1. The third kappa shape index (κ3) is 1.52. The molecular formula is C11H13ClN2O. The highest BCUT2D eigenvalue weighted by atomic mass is 35.5. The van der Waals surface area contributed by atoms with Gasteiger partial charge in [-0.2, -0.15) is 0 Å². The molecule has 2 rings (SSSR count). The summed E-state index contributed by atoms with van der Waals surface area (Å²) in [6.07, 6.45) is 0.907. The number of fused-ring (bicyclic) bond motifs is 1. The zero-order chi connectivity index (χ0) is 11.0. The Morgan fingerprint density at radius 3 is 2.93 bits per heavy atom. The van der Waals surface area contributed by atoms with Crippen LogP contribution in [0.4, 0.5) is 5.69 Å². The molecule has 80 valence electrons. The molecular weight excluding hydrogens is 212 g/mol. The number of hydrogen-bond donors (Lipinski definition) is 1. The molecule has 2 N–H and O–H groups in total. The Balaban J connectivity index is 2.50. The van der Waals surface area contributed by atoms with Crippen molar-refractivity contribution in [3.8, 4) is 0 Å². The molecule has 3 nitrogen and oxygen atoms in total. The minimum Gasteiger partial charge on any atom is -0.316 e. The van der Waals surface area contributed by atoms with E-state index in [-0.39, 0.29) is 5.91 Å². The fourth-order valence-electron chi connectivity index (χ4n) is 1.93. The van der Waals surface area contributed by atoms with Crippen molar-refractivity contribution in [3.63, 3.8) is 0 Å². The zero-order valence-electron chi connectivity index (χ0n) is 8.53. The van der Waals surface area contributed by atoms with Gasteiger partial charge in [0.05, 0.1) is 5.69 Å². The minimum atomic E-state index is -0.597. The van der Waals surface area contributed by atoms with Gasteiger partial charge in [-0.1, -0.05) is 24.6 Å². The quantitative estimate of drug-likeness (QED) is 0.836. The predicted octanol–water partition coefficient (Wildman–Crippen LogP) is 2.10. The molecule has 0 bridgehead atoms. The minimum absolute atomic E-state index is 0.0556. The molecule has 0 fully saturated rings. The summed E-state index contributed by atoms with van der Waals surface area (Å²) in [6.45, 7) is 2.72. The van der Waals surface area contributed by atoms with Crippen molar-refractivity contribution in [1.29, 1.82) is 0 Å². The number of nitrogens with zero attached hydrogens (tertiary/aromatic N) is 1. The van der Waals surface area contributed by atoms with E-state index in [2.05, 4.69) is 0 Å². The normalized spacial score (nSPS) is 19.5. The van der Waals surface area contributed by atoms with Crippen LogP contribution in [-0.2, 0) is 4.79 Å². The number of rotatable bonds is 2. The average molecular weight is 225 g/mol. The summed E-state index contributed by atoms with van der Waals surface area (Å²) in [6, 6.07) is 4.90. The summed E-state index contributed by atoms with van der Waals surface area (Å²) in [7, 11) is 0. The Morgan fingerprint density at radius 2 is 2.27 bits per heavy atom. The van der Waals surface area contributed by atoms with Gasteiger partial charge in [0.2, 0.25) is 5.91 Å². The van der Waals surface area contributed by atoms with E-state index in [1.807, 2.05) is 19.1 Å². The van der Waals surface area contributed by atoms with Crippen molar-refractivity contribution in [2.75, 3.05) is 11.4 Å². The molecule has 1 unspecified atom stereocenters. The van der Waals surface area contributed by atoms with Crippen LogP contribution in [0.5, 0.6) is 0 Å².